The first kappa shape index (κ1) is 8.44. The molecule has 1 aliphatic rings. The van der Waals surface area contributed by atoms with Crippen molar-refractivity contribution in [2.45, 2.75) is 12.5 Å². The molecule has 0 spiro atoms. The van der Waals surface area contributed by atoms with Gasteiger partial charge >= 0.3 is 0 Å². The van der Waals surface area contributed by atoms with Crippen molar-refractivity contribution >= 4 is 5.69 Å². The largest absolute Gasteiger partial charge is 0.388 e. The van der Waals surface area contributed by atoms with Gasteiger partial charge in [-0.1, -0.05) is 0 Å². The van der Waals surface area contributed by atoms with E-state index in [1.165, 1.54) is 6.07 Å². The normalized spacial score (nSPS) is 20.7. The van der Waals surface area contributed by atoms with Crippen molar-refractivity contribution < 1.29 is 13.9 Å². The SMILES string of the molecule is OC1CCNc2ccc(F)c(F)c21. The van der Waals surface area contributed by atoms with Crippen molar-refractivity contribution in [2.75, 3.05) is 11.9 Å². The van der Waals surface area contributed by atoms with Crippen LogP contribution in [0.4, 0.5) is 14.5 Å². The molecule has 2 rings (SSSR count). The second-order valence-corrected chi connectivity index (χ2v) is 3.05. The molecule has 4 heteroatoms. The van der Waals surface area contributed by atoms with Crippen molar-refractivity contribution in [2.24, 2.45) is 0 Å². The maximum Gasteiger partial charge on any atom is 0.166 e. The highest BCUT2D eigenvalue weighted by Gasteiger charge is 2.23. The minimum Gasteiger partial charge on any atom is -0.388 e. The topological polar surface area (TPSA) is 32.3 Å². The molecule has 1 aliphatic heterocycles. The van der Waals surface area contributed by atoms with Gasteiger partial charge in [0.1, 0.15) is 0 Å². The Morgan fingerprint density at radius 1 is 1.38 bits per heavy atom. The van der Waals surface area contributed by atoms with Crippen LogP contribution in [-0.2, 0) is 0 Å². The van der Waals surface area contributed by atoms with E-state index in [4.69, 9.17) is 0 Å². The molecule has 2 N–H and O–H groups in total. The van der Waals surface area contributed by atoms with E-state index in [1.54, 1.807) is 0 Å². The van der Waals surface area contributed by atoms with Gasteiger partial charge in [0.2, 0.25) is 0 Å². The van der Waals surface area contributed by atoms with Crippen molar-refractivity contribution in [3.63, 3.8) is 0 Å². The standard InChI is InChI=1S/C9H9F2NO/c10-5-1-2-6-8(9(5)11)7(13)3-4-12-6/h1-2,7,12-13H,3-4H2. The number of aliphatic hydroxyl groups is 1. The number of rotatable bonds is 0. The van der Waals surface area contributed by atoms with Gasteiger partial charge in [-0.25, -0.2) is 8.78 Å². The third kappa shape index (κ3) is 1.27. The van der Waals surface area contributed by atoms with Crippen molar-refractivity contribution in [1.82, 2.24) is 0 Å². The summed E-state index contributed by atoms with van der Waals surface area (Å²) >= 11 is 0. The number of benzene rings is 1. The average molecular weight is 185 g/mol. The van der Waals surface area contributed by atoms with Gasteiger partial charge in [-0.05, 0) is 18.6 Å². The number of aliphatic hydroxyl groups excluding tert-OH is 1. The molecule has 1 atom stereocenters. The second-order valence-electron chi connectivity index (χ2n) is 3.05. The summed E-state index contributed by atoms with van der Waals surface area (Å²) < 4.78 is 25.9. The molecule has 1 unspecified atom stereocenters. The fourth-order valence-corrected chi connectivity index (χ4v) is 1.53. The summed E-state index contributed by atoms with van der Waals surface area (Å²) in [5, 5.41) is 12.3. The minimum atomic E-state index is -0.947. The maximum atomic E-state index is 13.2. The lowest BCUT2D eigenvalue weighted by atomic mass is 10.00. The third-order valence-electron chi connectivity index (χ3n) is 2.20. The molecule has 0 saturated carbocycles. The van der Waals surface area contributed by atoms with Gasteiger partial charge in [-0.2, -0.15) is 0 Å². The summed E-state index contributed by atoms with van der Waals surface area (Å²) in [5.74, 6) is -1.86. The van der Waals surface area contributed by atoms with Crippen LogP contribution in [0.1, 0.15) is 18.1 Å². The van der Waals surface area contributed by atoms with Gasteiger partial charge in [0.25, 0.3) is 0 Å². The van der Waals surface area contributed by atoms with Gasteiger partial charge in [0.05, 0.1) is 6.10 Å². The van der Waals surface area contributed by atoms with E-state index < -0.39 is 17.7 Å². The zero-order chi connectivity index (χ0) is 9.42. The molecule has 1 aromatic carbocycles. The Kier molecular flexibility index (Phi) is 1.92. The number of nitrogens with one attached hydrogen (secondary N) is 1. The van der Waals surface area contributed by atoms with E-state index in [0.717, 1.165) is 6.07 Å². The summed E-state index contributed by atoms with van der Waals surface area (Å²) in [6.07, 6.45) is -0.486. The van der Waals surface area contributed by atoms with Gasteiger partial charge < -0.3 is 10.4 Å². The molecule has 1 aromatic rings. The van der Waals surface area contributed by atoms with E-state index >= 15 is 0 Å². The first-order valence-corrected chi connectivity index (χ1v) is 4.10. The Hall–Kier alpha value is -1.16. The minimum absolute atomic E-state index is 0.0475. The van der Waals surface area contributed by atoms with Crippen molar-refractivity contribution in [3.05, 3.63) is 29.3 Å². The lowest BCUT2D eigenvalue weighted by molar-refractivity contribution is 0.162. The molecule has 2 nitrogen and oxygen atoms in total. The summed E-state index contributed by atoms with van der Waals surface area (Å²) in [6.45, 7) is 0.583. The van der Waals surface area contributed by atoms with E-state index in [9.17, 15) is 13.9 Å². The molecule has 0 fully saturated rings. The monoisotopic (exact) mass is 185 g/mol. The number of anilines is 1. The van der Waals surface area contributed by atoms with E-state index in [2.05, 4.69) is 5.32 Å². The molecule has 1 heterocycles. The Bertz CT molecular complexity index is 341. The van der Waals surface area contributed by atoms with Gasteiger partial charge in [-0.15, -0.1) is 0 Å². The molecule has 70 valence electrons. The van der Waals surface area contributed by atoms with Crippen LogP contribution in [0.25, 0.3) is 0 Å². The van der Waals surface area contributed by atoms with Crippen LogP contribution in [0.5, 0.6) is 0 Å². The Morgan fingerprint density at radius 2 is 2.15 bits per heavy atom. The predicted molar refractivity (Wildman–Crippen MR) is 44.4 cm³/mol. The average Bonchev–Trinajstić information content (AvgIpc) is 2.12. The van der Waals surface area contributed by atoms with Crippen LogP contribution in [0.2, 0.25) is 0 Å². The van der Waals surface area contributed by atoms with E-state index in [-0.39, 0.29) is 5.56 Å². The number of halogens is 2. The first-order chi connectivity index (χ1) is 6.20. The quantitative estimate of drug-likeness (QED) is 0.646. The van der Waals surface area contributed by atoms with E-state index in [0.29, 0.717) is 18.7 Å². The van der Waals surface area contributed by atoms with Crippen molar-refractivity contribution in [1.29, 1.82) is 0 Å². The molecular weight excluding hydrogens is 176 g/mol. The molecule has 13 heavy (non-hydrogen) atoms. The molecular formula is C9H9F2NO. The Morgan fingerprint density at radius 3 is 2.92 bits per heavy atom. The molecule has 0 radical (unpaired) electrons. The molecule has 0 saturated heterocycles. The predicted octanol–water partition coefficient (Wildman–Crippen LogP) is 1.81. The molecule has 0 amide bonds. The molecule has 0 bridgehead atoms. The van der Waals surface area contributed by atoms with Gasteiger partial charge in [0, 0.05) is 17.8 Å². The van der Waals surface area contributed by atoms with Crippen LogP contribution >= 0.6 is 0 Å². The maximum absolute atomic E-state index is 13.2. The lowest BCUT2D eigenvalue weighted by Crippen LogP contribution is -2.18. The van der Waals surface area contributed by atoms with Crippen LogP contribution in [0.3, 0.4) is 0 Å². The van der Waals surface area contributed by atoms with Crippen LogP contribution < -0.4 is 5.32 Å². The highest BCUT2D eigenvalue weighted by molar-refractivity contribution is 5.54. The summed E-state index contributed by atoms with van der Waals surface area (Å²) in [5.41, 5.74) is 0.531. The van der Waals surface area contributed by atoms with Gasteiger partial charge in [-0.3, -0.25) is 0 Å². The van der Waals surface area contributed by atoms with Crippen LogP contribution in [0, 0.1) is 11.6 Å². The molecule has 0 aliphatic carbocycles. The smallest absolute Gasteiger partial charge is 0.166 e. The first-order valence-electron chi connectivity index (χ1n) is 4.10. The number of hydrogen-bond donors (Lipinski definition) is 2. The zero-order valence-electron chi connectivity index (χ0n) is 6.85. The van der Waals surface area contributed by atoms with Crippen LogP contribution in [0.15, 0.2) is 12.1 Å². The fourth-order valence-electron chi connectivity index (χ4n) is 1.53. The summed E-state index contributed by atoms with van der Waals surface area (Å²) in [4.78, 5) is 0. The van der Waals surface area contributed by atoms with Crippen LogP contribution in [-0.4, -0.2) is 11.7 Å². The number of hydrogen-bond acceptors (Lipinski definition) is 2. The zero-order valence-corrected chi connectivity index (χ0v) is 6.85. The Balaban J connectivity index is 2.58. The fraction of sp³-hybridized carbons (Fsp3) is 0.333. The highest BCUT2D eigenvalue weighted by atomic mass is 19.2. The highest BCUT2D eigenvalue weighted by Crippen LogP contribution is 2.32. The van der Waals surface area contributed by atoms with Gasteiger partial charge in [0.15, 0.2) is 11.6 Å². The number of fused-ring (bicyclic) bond motifs is 1. The third-order valence-corrected chi connectivity index (χ3v) is 2.20. The Labute approximate surface area is 74.2 Å². The van der Waals surface area contributed by atoms with E-state index in [1.807, 2.05) is 0 Å². The summed E-state index contributed by atoms with van der Waals surface area (Å²) in [6, 6.07) is 2.50. The lowest BCUT2D eigenvalue weighted by Gasteiger charge is -2.23. The molecule has 0 aromatic heterocycles. The second kappa shape index (κ2) is 2.96. The van der Waals surface area contributed by atoms with Crippen molar-refractivity contribution in [3.8, 4) is 0 Å². The summed E-state index contributed by atoms with van der Waals surface area (Å²) in [7, 11) is 0.